The molecule has 0 aromatic heterocycles. The van der Waals surface area contributed by atoms with Crippen molar-refractivity contribution in [1.82, 2.24) is 5.32 Å². The van der Waals surface area contributed by atoms with Crippen LogP contribution >= 0.6 is 27.7 Å². The number of nitrogens with two attached hydrogens (primary N) is 1. The first-order chi connectivity index (χ1) is 12.9. The fraction of sp³-hybridized carbons (Fsp3) is 0.368. The first-order valence-electron chi connectivity index (χ1n) is 8.73. The van der Waals surface area contributed by atoms with Gasteiger partial charge >= 0.3 is 6.18 Å². The third-order valence-corrected chi connectivity index (χ3v) is 6.00. The largest absolute Gasteiger partial charge is 0.416 e. The molecule has 1 aliphatic rings. The molecule has 1 aliphatic heterocycles. The molecule has 2 aromatic rings. The Morgan fingerprint density at radius 3 is 2.63 bits per heavy atom. The normalized spacial score (nSPS) is 13.2. The summed E-state index contributed by atoms with van der Waals surface area (Å²) in [4.78, 5) is 1.66. The smallest absolute Gasteiger partial charge is 0.385 e. The van der Waals surface area contributed by atoms with Crippen LogP contribution < -0.4 is 16.4 Å². The molecule has 0 aliphatic carbocycles. The molecule has 0 unspecified atom stereocenters. The molecular formula is C19H21BrF3N3S. The molecule has 3 rings (SSSR count). The average molecular weight is 460 g/mol. The highest BCUT2D eigenvalue weighted by Gasteiger charge is 2.33. The summed E-state index contributed by atoms with van der Waals surface area (Å²) in [5, 5.41) is 6.39. The highest BCUT2D eigenvalue weighted by Crippen LogP contribution is 2.46. The minimum absolute atomic E-state index is 0.569. The van der Waals surface area contributed by atoms with Gasteiger partial charge < -0.3 is 16.4 Å². The molecule has 0 saturated carbocycles. The number of hydrogen-bond donors (Lipinski definition) is 3. The molecule has 2 aromatic carbocycles. The van der Waals surface area contributed by atoms with Crippen LogP contribution in [0.25, 0.3) is 0 Å². The highest BCUT2D eigenvalue weighted by molar-refractivity contribution is 9.10. The Morgan fingerprint density at radius 1 is 1.07 bits per heavy atom. The van der Waals surface area contributed by atoms with Gasteiger partial charge in [0, 0.05) is 46.0 Å². The number of fused-ring (bicyclic) bond motifs is 2. The number of rotatable bonds is 7. The second-order valence-corrected chi connectivity index (χ2v) is 8.35. The van der Waals surface area contributed by atoms with Crippen molar-refractivity contribution < 1.29 is 13.2 Å². The number of benzene rings is 2. The van der Waals surface area contributed by atoms with Crippen molar-refractivity contribution in [2.75, 3.05) is 31.5 Å². The van der Waals surface area contributed by atoms with Gasteiger partial charge in [-0.05, 0) is 48.4 Å². The van der Waals surface area contributed by atoms with E-state index in [1.807, 2.05) is 18.2 Å². The molecule has 0 spiro atoms. The fourth-order valence-corrected chi connectivity index (χ4v) is 4.68. The zero-order valence-corrected chi connectivity index (χ0v) is 17.0. The van der Waals surface area contributed by atoms with Crippen molar-refractivity contribution in [3.05, 3.63) is 51.5 Å². The Labute approximate surface area is 169 Å². The third kappa shape index (κ3) is 5.19. The zero-order chi connectivity index (χ0) is 19.4. The number of nitrogens with one attached hydrogen (secondary N) is 2. The van der Waals surface area contributed by atoms with Crippen LogP contribution in [0.2, 0.25) is 0 Å². The van der Waals surface area contributed by atoms with Crippen LogP contribution in [0.3, 0.4) is 0 Å². The van der Waals surface area contributed by atoms with E-state index in [1.54, 1.807) is 0 Å². The van der Waals surface area contributed by atoms with Crippen molar-refractivity contribution in [3.8, 4) is 0 Å². The van der Waals surface area contributed by atoms with Gasteiger partial charge in [-0.3, -0.25) is 0 Å². The third-order valence-electron chi connectivity index (χ3n) is 4.32. The maximum Gasteiger partial charge on any atom is 0.416 e. The topological polar surface area (TPSA) is 50.1 Å². The summed E-state index contributed by atoms with van der Waals surface area (Å²) < 4.78 is 41.0. The highest BCUT2D eigenvalue weighted by atomic mass is 79.9. The lowest BCUT2D eigenvalue weighted by atomic mass is 10.00. The molecule has 3 nitrogen and oxygen atoms in total. The van der Waals surface area contributed by atoms with E-state index in [2.05, 4.69) is 26.6 Å². The van der Waals surface area contributed by atoms with Crippen LogP contribution in [-0.2, 0) is 12.6 Å². The molecule has 0 amide bonds. The molecule has 0 bridgehead atoms. The molecule has 0 atom stereocenters. The molecule has 1 heterocycles. The average Bonchev–Trinajstić information content (AvgIpc) is 2.61. The summed E-state index contributed by atoms with van der Waals surface area (Å²) in [5.41, 5.74) is 7.44. The quantitative estimate of drug-likeness (QED) is 0.441. The minimum atomic E-state index is -4.37. The van der Waals surface area contributed by atoms with Gasteiger partial charge in [0.1, 0.15) is 0 Å². The van der Waals surface area contributed by atoms with E-state index in [0.29, 0.717) is 30.1 Å². The Kier molecular flexibility index (Phi) is 6.73. The first kappa shape index (κ1) is 20.5. The predicted octanol–water partition coefficient (Wildman–Crippen LogP) is 4.87. The summed E-state index contributed by atoms with van der Waals surface area (Å²) in [5.74, 6) is 0. The van der Waals surface area contributed by atoms with Crippen LogP contribution in [0.4, 0.5) is 18.9 Å². The summed E-state index contributed by atoms with van der Waals surface area (Å²) in [7, 11) is 0. The van der Waals surface area contributed by atoms with Gasteiger partial charge in [0.05, 0.1) is 5.56 Å². The van der Waals surface area contributed by atoms with Crippen LogP contribution in [0.1, 0.15) is 23.1 Å². The molecule has 0 saturated heterocycles. The summed E-state index contributed by atoms with van der Waals surface area (Å²) in [6.45, 7) is 2.68. The number of halogens is 4. The van der Waals surface area contributed by atoms with E-state index in [4.69, 9.17) is 5.73 Å². The standard InChI is InChI=1S/C19H21BrF3N3S/c20-14-3-2-12-8-15-16(26-6-1-5-25-7-4-24)9-13(19(21,22)23)10-18(15)27-17(12)11-14/h2-3,9-11,25-26H,1,4-8,24H2. The lowest BCUT2D eigenvalue weighted by molar-refractivity contribution is -0.137. The van der Waals surface area contributed by atoms with Crippen molar-refractivity contribution in [3.63, 3.8) is 0 Å². The van der Waals surface area contributed by atoms with E-state index in [9.17, 15) is 13.2 Å². The Bertz CT molecular complexity index is 812. The second kappa shape index (κ2) is 8.86. The zero-order valence-electron chi connectivity index (χ0n) is 14.6. The number of anilines is 1. The fourth-order valence-electron chi connectivity index (χ4n) is 2.98. The van der Waals surface area contributed by atoms with Gasteiger partial charge in [0.2, 0.25) is 0 Å². The molecular weight excluding hydrogens is 439 g/mol. The molecule has 4 N–H and O–H groups in total. The van der Waals surface area contributed by atoms with E-state index in [1.165, 1.54) is 23.9 Å². The summed E-state index contributed by atoms with van der Waals surface area (Å²) in [6.07, 6.45) is -2.94. The van der Waals surface area contributed by atoms with Crippen LogP contribution in [0, 0.1) is 0 Å². The van der Waals surface area contributed by atoms with Crippen LogP contribution in [-0.4, -0.2) is 26.2 Å². The van der Waals surface area contributed by atoms with E-state index in [-0.39, 0.29) is 0 Å². The molecule has 0 radical (unpaired) electrons. The van der Waals surface area contributed by atoms with Gasteiger partial charge in [-0.25, -0.2) is 0 Å². The summed E-state index contributed by atoms with van der Waals surface area (Å²) >= 11 is 4.83. The lowest BCUT2D eigenvalue weighted by Gasteiger charge is -2.24. The number of alkyl halides is 3. The predicted molar refractivity (Wildman–Crippen MR) is 108 cm³/mol. The minimum Gasteiger partial charge on any atom is -0.385 e. The van der Waals surface area contributed by atoms with Gasteiger partial charge in [0.25, 0.3) is 0 Å². The van der Waals surface area contributed by atoms with Gasteiger partial charge in [-0.2, -0.15) is 13.2 Å². The summed E-state index contributed by atoms with van der Waals surface area (Å²) in [6, 6.07) is 8.44. The Morgan fingerprint density at radius 2 is 1.89 bits per heavy atom. The Hall–Kier alpha value is -1.22. The maximum atomic E-state index is 13.4. The van der Waals surface area contributed by atoms with Gasteiger partial charge in [0.15, 0.2) is 0 Å². The van der Waals surface area contributed by atoms with Crippen molar-refractivity contribution >= 4 is 33.4 Å². The molecule has 146 valence electrons. The first-order valence-corrected chi connectivity index (χ1v) is 10.3. The van der Waals surface area contributed by atoms with E-state index in [0.717, 1.165) is 40.0 Å². The van der Waals surface area contributed by atoms with Crippen molar-refractivity contribution in [1.29, 1.82) is 0 Å². The SMILES string of the molecule is NCCNCCCNc1cc(C(F)(F)F)cc2c1Cc1ccc(Br)cc1S2. The van der Waals surface area contributed by atoms with Crippen molar-refractivity contribution in [2.24, 2.45) is 5.73 Å². The van der Waals surface area contributed by atoms with Crippen LogP contribution in [0.15, 0.2) is 44.6 Å². The van der Waals surface area contributed by atoms with E-state index >= 15 is 0 Å². The van der Waals surface area contributed by atoms with Crippen molar-refractivity contribution in [2.45, 2.75) is 28.8 Å². The van der Waals surface area contributed by atoms with Crippen LogP contribution in [0.5, 0.6) is 0 Å². The number of hydrogen-bond acceptors (Lipinski definition) is 4. The van der Waals surface area contributed by atoms with Gasteiger partial charge in [-0.1, -0.05) is 33.8 Å². The maximum absolute atomic E-state index is 13.4. The lowest BCUT2D eigenvalue weighted by Crippen LogP contribution is -2.24. The second-order valence-electron chi connectivity index (χ2n) is 6.35. The monoisotopic (exact) mass is 459 g/mol. The molecule has 27 heavy (non-hydrogen) atoms. The molecule has 0 fully saturated rings. The Balaban J connectivity index is 1.83. The molecule has 8 heteroatoms. The van der Waals surface area contributed by atoms with Gasteiger partial charge in [-0.15, -0.1) is 0 Å². The van der Waals surface area contributed by atoms with E-state index < -0.39 is 11.7 Å².